The number of nitrogens with zero attached hydrogens (tertiary/aromatic N) is 5. The molecular formula is C24H23N5O2. The quantitative estimate of drug-likeness (QED) is 0.457. The van der Waals surface area contributed by atoms with Crippen molar-refractivity contribution in [3.05, 3.63) is 86.7 Å². The second kappa shape index (κ2) is 6.84. The molecule has 0 saturated carbocycles. The summed E-state index contributed by atoms with van der Waals surface area (Å²) in [6, 6.07) is 16.5. The Morgan fingerprint density at radius 2 is 1.58 bits per heavy atom. The topological polar surface area (TPSA) is 66.8 Å². The predicted octanol–water partition coefficient (Wildman–Crippen LogP) is 2.95. The van der Waals surface area contributed by atoms with Crippen molar-refractivity contribution < 1.29 is 0 Å². The van der Waals surface area contributed by atoms with Crippen molar-refractivity contribution >= 4 is 22.1 Å². The molecule has 0 spiro atoms. The van der Waals surface area contributed by atoms with Gasteiger partial charge in [0.2, 0.25) is 0 Å². The summed E-state index contributed by atoms with van der Waals surface area (Å²) in [6.07, 6.45) is 2.09. The monoisotopic (exact) mass is 413 g/mol. The summed E-state index contributed by atoms with van der Waals surface area (Å²) in [5, 5.41) is 1.07. The predicted molar refractivity (Wildman–Crippen MR) is 122 cm³/mol. The molecule has 0 N–H and O–H groups in total. The molecule has 0 radical (unpaired) electrons. The molecule has 31 heavy (non-hydrogen) atoms. The molecular weight excluding hydrogens is 390 g/mol. The van der Waals surface area contributed by atoms with Gasteiger partial charge in [-0.2, -0.15) is 0 Å². The molecule has 5 rings (SSSR count). The Morgan fingerprint density at radius 1 is 0.839 bits per heavy atom. The summed E-state index contributed by atoms with van der Waals surface area (Å²) in [7, 11) is 4.96. The number of aromatic nitrogens is 5. The highest BCUT2D eigenvalue weighted by atomic mass is 16.2. The first kappa shape index (κ1) is 19.1. The Labute approximate surface area is 178 Å². The fraction of sp³-hybridized carbons (Fsp3) is 0.208. The van der Waals surface area contributed by atoms with Crippen molar-refractivity contribution in [1.29, 1.82) is 0 Å². The first-order valence-corrected chi connectivity index (χ1v) is 10.1. The van der Waals surface area contributed by atoms with Gasteiger partial charge in [-0.3, -0.25) is 13.9 Å². The van der Waals surface area contributed by atoms with Crippen molar-refractivity contribution in [2.75, 3.05) is 0 Å². The Balaban J connectivity index is 1.82. The van der Waals surface area contributed by atoms with Gasteiger partial charge in [0.05, 0.1) is 5.52 Å². The van der Waals surface area contributed by atoms with Crippen LogP contribution in [0.4, 0.5) is 0 Å². The smallest absolute Gasteiger partial charge is 0.332 e. The van der Waals surface area contributed by atoms with Gasteiger partial charge in [0, 0.05) is 44.8 Å². The van der Waals surface area contributed by atoms with Crippen molar-refractivity contribution in [3.8, 4) is 11.4 Å². The van der Waals surface area contributed by atoms with Gasteiger partial charge in [0.15, 0.2) is 11.2 Å². The van der Waals surface area contributed by atoms with Crippen molar-refractivity contribution in [2.45, 2.75) is 13.5 Å². The Hall–Kier alpha value is -3.87. The highest BCUT2D eigenvalue weighted by Gasteiger charge is 2.21. The van der Waals surface area contributed by atoms with Gasteiger partial charge in [-0.25, -0.2) is 9.78 Å². The fourth-order valence-electron chi connectivity index (χ4n) is 4.39. The number of hydrogen-bond donors (Lipinski definition) is 0. The van der Waals surface area contributed by atoms with Gasteiger partial charge in [-0.1, -0.05) is 48.5 Å². The number of benzene rings is 2. The standard InChI is InChI=1S/C24H23N5O2/c1-15-9-8-12-17-18(14-29(19(15)17)13-16-10-6-5-7-11-16)21-25-22-20(26(21)2)23(30)28(4)24(31)27(22)3/h5-12,14H,13H2,1-4H3. The third-order valence-electron chi connectivity index (χ3n) is 6.01. The van der Waals surface area contributed by atoms with E-state index >= 15 is 0 Å². The summed E-state index contributed by atoms with van der Waals surface area (Å²) >= 11 is 0. The molecule has 7 heteroatoms. The van der Waals surface area contributed by atoms with E-state index in [1.807, 2.05) is 31.3 Å². The minimum absolute atomic E-state index is 0.344. The molecule has 3 heterocycles. The molecule has 0 saturated heterocycles. The molecule has 0 fully saturated rings. The fourth-order valence-corrected chi connectivity index (χ4v) is 4.39. The highest BCUT2D eigenvalue weighted by Crippen LogP contribution is 2.33. The lowest BCUT2D eigenvalue weighted by molar-refractivity contribution is 0.705. The SMILES string of the molecule is Cc1cccc2c(-c3nc4c(c(=O)n(C)c(=O)n4C)n3C)cn(Cc3ccccc3)c12. The van der Waals surface area contributed by atoms with Crippen molar-refractivity contribution in [1.82, 2.24) is 23.3 Å². The summed E-state index contributed by atoms with van der Waals surface area (Å²) in [6.45, 7) is 2.83. The van der Waals surface area contributed by atoms with Crippen LogP contribution < -0.4 is 11.2 Å². The molecule has 0 aliphatic carbocycles. The Bertz CT molecular complexity index is 1580. The van der Waals surface area contributed by atoms with E-state index in [1.165, 1.54) is 22.7 Å². The third-order valence-corrected chi connectivity index (χ3v) is 6.01. The van der Waals surface area contributed by atoms with Crippen LogP contribution in [0.15, 0.2) is 64.3 Å². The van der Waals surface area contributed by atoms with Gasteiger partial charge < -0.3 is 9.13 Å². The third kappa shape index (κ3) is 2.77. The average molecular weight is 413 g/mol. The number of para-hydroxylation sites is 1. The molecule has 5 aromatic rings. The van der Waals surface area contributed by atoms with Gasteiger partial charge in [0.1, 0.15) is 5.82 Å². The van der Waals surface area contributed by atoms with Crippen LogP contribution in [-0.4, -0.2) is 23.3 Å². The van der Waals surface area contributed by atoms with Crippen LogP contribution in [0.1, 0.15) is 11.1 Å². The molecule has 7 nitrogen and oxygen atoms in total. The molecule has 0 bridgehead atoms. The minimum atomic E-state index is -0.385. The van der Waals surface area contributed by atoms with Crippen LogP contribution in [0.2, 0.25) is 0 Å². The number of hydrogen-bond acceptors (Lipinski definition) is 3. The maximum absolute atomic E-state index is 12.8. The molecule has 0 atom stereocenters. The lowest BCUT2D eigenvalue weighted by atomic mass is 10.1. The second-order valence-electron chi connectivity index (χ2n) is 8.00. The lowest BCUT2D eigenvalue weighted by Crippen LogP contribution is -2.37. The van der Waals surface area contributed by atoms with Crippen molar-refractivity contribution in [3.63, 3.8) is 0 Å². The van der Waals surface area contributed by atoms with E-state index in [0.717, 1.165) is 27.6 Å². The first-order chi connectivity index (χ1) is 14.9. The molecule has 2 aromatic carbocycles. The van der Waals surface area contributed by atoms with Gasteiger partial charge >= 0.3 is 5.69 Å². The number of aryl methyl sites for hydroxylation is 3. The van der Waals surface area contributed by atoms with Crippen LogP contribution in [0.25, 0.3) is 33.5 Å². The Kier molecular flexibility index (Phi) is 4.22. The van der Waals surface area contributed by atoms with Crippen LogP contribution in [0.5, 0.6) is 0 Å². The summed E-state index contributed by atoms with van der Waals surface area (Å²) < 4.78 is 6.57. The zero-order chi connectivity index (χ0) is 21.9. The summed E-state index contributed by atoms with van der Waals surface area (Å²) in [4.78, 5) is 30.0. The zero-order valence-corrected chi connectivity index (χ0v) is 18.0. The van der Waals surface area contributed by atoms with E-state index in [4.69, 9.17) is 4.98 Å². The van der Waals surface area contributed by atoms with E-state index < -0.39 is 0 Å². The normalized spacial score (nSPS) is 11.6. The number of fused-ring (bicyclic) bond motifs is 2. The summed E-state index contributed by atoms with van der Waals surface area (Å²) in [5.41, 5.74) is 4.52. The second-order valence-corrected chi connectivity index (χ2v) is 8.00. The molecule has 156 valence electrons. The lowest BCUT2D eigenvalue weighted by Gasteiger charge is -2.07. The van der Waals surface area contributed by atoms with Gasteiger partial charge in [-0.05, 0) is 18.1 Å². The molecule has 0 aliphatic rings. The first-order valence-electron chi connectivity index (χ1n) is 10.1. The van der Waals surface area contributed by atoms with Crippen LogP contribution in [0, 0.1) is 6.92 Å². The van der Waals surface area contributed by atoms with E-state index in [-0.39, 0.29) is 11.2 Å². The van der Waals surface area contributed by atoms with Crippen LogP contribution >= 0.6 is 0 Å². The minimum Gasteiger partial charge on any atom is -0.342 e. The van der Waals surface area contributed by atoms with Gasteiger partial charge in [0.25, 0.3) is 5.56 Å². The molecule has 0 aliphatic heterocycles. The largest absolute Gasteiger partial charge is 0.342 e. The number of imidazole rings is 1. The zero-order valence-electron chi connectivity index (χ0n) is 18.0. The van der Waals surface area contributed by atoms with E-state index in [1.54, 1.807) is 11.6 Å². The molecule has 0 unspecified atom stereocenters. The van der Waals surface area contributed by atoms with Crippen LogP contribution in [-0.2, 0) is 27.7 Å². The summed E-state index contributed by atoms with van der Waals surface area (Å²) in [5.74, 6) is 0.663. The van der Waals surface area contributed by atoms with E-state index in [9.17, 15) is 9.59 Å². The maximum atomic E-state index is 12.8. The maximum Gasteiger partial charge on any atom is 0.332 e. The van der Waals surface area contributed by atoms with E-state index in [2.05, 4.69) is 42.0 Å². The van der Waals surface area contributed by atoms with Crippen LogP contribution in [0.3, 0.4) is 0 Å². The molecule has 3 aromatic heterocycles. The number of rotatable bonds is 3. The molecule has 0 amide bonds. The average Bonchev–Trinajstić information content (AvgIpc) is 3.30. The highest BCUT2D eigenvalue weighted by molar-refractivity contribution is 5.97. The van der Waals surface area contributed by atoms with Crippen molar-refractivity contribution in [2.24, 2.45) is 21.1 Å². The van der Waals surface area contributed by atoms with Gasteiger partial charge in [-0.15, -0.1) is 0 Å². The van der Waals surface area contributed by atoms with E-state index in [0.29, 0.717) is 17.0 Å². The Morgan fingerprint density at radius 3 is 2.32 bits per heavy atom.